The number of hydrogen-bond donors (Lipinski definition) is 1. The predicted molar refractivity (Wildman–Crippen MR) is 96.1 cm³/mol. The Balaban J connectivity index is 1.77. The number of rotatable bonds is 5. The molecule has 5 nitrogen and oxygen atoms in total. The van der Waals surface area contributed by atoms with E-state index in [0.29, 0.717) is 22.8 Å². The lowest BCUT2D eigenvalue weighted by atomic mass is 10.1. The normalized spacial score (nSPS) is 10.6. The number of carbonyl (C=O) groups is 1. The van der Waals surface area contributed by atoms with Crippen LogP contribution in [0.4, 0.5) is 10.1 Å². The van der Waals surface area contributed by atoms with Crippen molar-refractivity contribution in [2.24, 2.45) is 0 Å². The maximum absolute atomic E-state index is 13.2. The molecule has 1 aromatic heterocycles. The summed E-state index contributed by atoms with van der Waals surface area (Å²) >= 11 is 5.75. The first-order valence-corrected chi connectivity index (χ1v) is 8.23. The van der Waals surface area contributed by atoms with Crippen LogP contribution in [0.3, 0.4) is 0 Å². The summed E-state index contributed by atoms with van der Waals surface area (Å²) in [6.45, 7) is 3.86. The molecule has 0 fully saturated rings. The number of aryl methyl sites for hydroxylation is 2. The number of anilines is 1. The SMILES string of the molecule is Cc1noc(C)c1COc1ccccc1C(=O)Nc1ccc(F)c(Cl)c1. The molecule has 1 heterocycles. The van der Waals surface area contributed by atoms with Gasteiger partial charge in [0.1, 0.15) is 23.9 Å². The molecule has 0 bridgehead atoms. The van der Waals surface area contributed by atoms with E-state index in [1.807, 2.05) is 6.92 Å². The third-order valence-corrected chi connectivity index (χ3v) is 4.15. The van der Waals surface area contributed by atoms with Crippen molar-refractivity contribution < 1.29 is 18.4 Å². The van der Waals surface area contributed by atoms with E-state index in [2.05, 4.69) is 10.5 Å². The van der Waals surface area contributed by atoms with E-state index < -0.39 is 5.82 Å². The van der Waals surface area contributed by atoms with Gasteiger partial charge in [-0.2, -0.15) is 0 Å². The van der Waals surface area contributed by atoms with Crippen LogP contribution in [-0.2, 0) is 6.61 Å². The predicted octanol–water partition coefficient (Wildman–Crippen LogP) is 4.92. The molecule has 0 radical (unpaired) electrons. The van der Waals surface area contributed by atoms with E-state index in [1.54, 1.807) is 31.2 Å². The summed E-state index contributed by atoms with van der Waals surface area (Å²) in [5.74, 6) is 0.151. The molecule has 0 aliphatic carbocycles. The number of benzene rings is 2. The number of para-hydroxylation sites is 1. The van der Waals surface area contributed by atoms with Gasteiger partial charge in [0.05, 0.1) is 21.8 Å². The molecule has 1 amide bonds. The van der Waals surface area contributed by atoms with Crippen LogP contribution < -0.4 is 10.1 Å². The molecule has 2 aromatic carbocycles. The van der Waals surface area contributed by atoms with Crippen LogP contribution >= 0.6 is 11.6 Å². The molecule has 0 atom stereocenters. The topological polar surface area (TPSA) is 64.4 Å². The van der Waals surface area contributed by atoms with Crippen LogP contribution in [0.25, 0.3) is 0 Å². The number of aromatic nitrogens is 1. The molecule has 0 spiro atoms. The largest absolute Gasteiger partial charge is 0.488 e. The Hall–Kier alpha value is -2.86. The minimum Gasteiger partial charge on any atom is -0.488 e. The first kappa shape index (κ1) is 17.9. The summed E-state index contributed by atoms with van der Waals surface area (Å²) in [7, 11) is 0. The highest BCUT2D eigenvalue weighted by atomic mass is 35.5. The van der Waals surface area contributed by atoms with Gasteiger partial charge < -0.3 is 14.6 Å². The minimum absolute atomic E-state index is 0.0641. The lowest BCUT2D eigenvalue weighted by Crippen LogP contribution is -2.14. The van der Waals surface area contributed by atoms with Crippen molar-refractivity contribution in [3.8, 4) is 5.75 Å². The number of nitrogens with zero attached hydrogens (tertiary/aromatic N) is 1. The minimum atomic E-state index is -0.548. The molecule has 134 valence electrons. The van der Waals surface area contributed by atoms with Crippen LogP contribution in [0.5, 0.6) is 5.75 Å². The lowest BCUT2D eigenvalue weighted by Gasteiger charge is -2.12. The molecular weight excluding hydrogens is 359 g/mol. The van der Waals surface area contributed by atoms with E-state index in [9.17, 15) is 9.18 Å². The smallest absolute Gasteiger partial charge is 0.259 e. The molecule has 0 aliphatic rings. The highest BCUT2D eigenvalue weighted by molar-refractivity contribution is 6.31. The summed E-state index contributed by atoms with van der Waals surface area (Å²) in [6, 6.07) is 10.8. The van der Waals surface area contributed by atoms with Gasteiger partial charge in [0, 0.05) is 5.69 Å². The van der Waals surface area contributed by atoms with Crippen LogP contribution in [-0.4, -0.2) is 11.1 Å². The van der Waals surface area contributed by atoms with Crippen LogP contribution in [0.2, 0.25) is 5.02 Å². The molecule has 3 aromatic rings. The van der Waals surface area contributed by atoms with Gasteiger partial charge in [0.2, 0.25) is 0 Å². The third-order valence-electron chi connectivity index (χ3n) is 3.86. The molecule has 26 heavy (non-hydrogen) atoms. The second-order valence-corrected chi connectivity index (χ2v) is 6.08. The fourth-order valence-corrected chi connectivity index (χ4v) is 2.59. The summed E-state index contributed by atoms with van der Waals surface area (Å²) in [6.07, 6.45) is 0. The third kappa shape index (κ3) is 3.86. The maximum Gasteiger partial charge on any atom is 0.259 e. The Kier molecular flexibility index (Phi) is 5.23. The van der Waals surface area contributed by atoms with Crippen LogP contribution in [0.15, 0.2) is 47.0 Å². The average molecular weight is 375 g/mol. The van der Waals surface area contributed by atoms with E-state index in [4.69, 9.17) is 20.9 Å². The average Bonchev–Trinajstić information content (AvgIpc) is 2.94. The Morgan fingerprint density at radius 3 is 2.73 bits per heavy atom. The zero-order valence-corrected chi connectivity index (χ0v) is 14.9. The molecule has 0 aliphatic heterocycles. The van der Waals surface area contributed by atoms with Crippen molar-refractivity contribution in [2.75, 3.05) is 5.32 Å². The van der Waals surface area contributed by atoms with Crippen LogP contribution in [0.1, 0.15) is 27.4 Å². The van der Waals surface area contributed by atoms with Crippen molar-refractivity contribution in [1.82, 2.24) is 5.16 Å². The van der Waals surface area contributed by atoms with Crippen LogP contribution in [0, 0.1) is 19.7 Å². The maximum atomic E-state index is 13.2. The van der Waals surface area contributed by atoms with Gasteiger partial charge in [0.15, 0.2) is 0 Å². The fourth-order valence-electron chi connectivity index (χ4n) is 2.41. The summed E-state index contributed by atoms with van der Waals surface area (Å²) in [5, 5.41) is 6.50. The van der Waals surface area contributed by atoms with E-state index in [1.165, 1.54) is 18.2 Å². The van der Waals surface area contributed by atoms with Gasteiger partial charge in [-0.25, -0.2) is 4.39 Å². The van der Waals surface area contributed by atoms with Gasteiger partial charge in [-0.05, 0) is 44.2 Å². The quantitative estimate of drug-likeness (QED) is 0.688. The van der Waals surface area contributed by atoms with Crippen molar-refractivity contribution in [1.29, 1.82) is 0 Å². The first-order valence-electron chi connectivity index (χ1n) is 7.85. The lowest BCUT2D eigenvalue weighted by molar-refractivity contribution is 0.102. The first-order chi connectivity index (χ1) is 12.5. The molecule has 1 N–H and O–H groups in total. The van der Waals surface area contributed by atoms with Crippen molar-refractivity contribution in [2.45, 2.75) is 20.5 Å². The van der Waals surface area contributed by atoms with Gasteiger partial charge in [-0.3, -0.25) is 4.79 Å². The Labute approximate surface area is 154 Å². The summed E-state index contributed by atoms with van der Waals surface area (Å²) in [5.41, 5.74) is 2.32. The van der Waals surface area contributed by atoms with E-state index >= 15 is 0 Å². The highest BCUT2D eigenvalue weighted by Gasteiger charge is 2.15. The van der Waals surface area contributed by atoms with E-state index in [-0.39, 0.29) is 17.5 Å². The second-order valence-electron chi connectivity index (χ2n) is 5.67. The molecular formula is C19H16ClFN2O3. The molecule has 0 saturated carbocycles. The number of hydrogen-bond acceptors (Lipinski definition) is 4. The number of amides is 1. The van der Waals surface area contributed by atoms with E-state index in [0.717, 1.165) is 11.3 Å². The van der Waals surface area contributed by atoms with Crippen molar-refractivity contribution in [3.05, 3.63) is 75.9 Å². The monoisotopic (exact) mass is 374 g/mol. The molecule has 7 heteroatoms. The summed E-state index contributed by atoms with van der Waals surface area (Å²) < 4.78 is 24.2. The second kappa shape index (κ2) is 7.58. The van der Waals surface area contributed by atoms with Gasteiger partial charge in [-0.1, -0.05) is 28.9 Å². The van der Waals surface area contributed by atoms with Gasteiger partial charge >= 0.3 is 0 Å². The summed E-state index contributed by atoms with van der Waals surface area (Å²) in [4.78, 5) is 12.6. The zero-order chi connectivity index (χ0) is 18.7. The Morgan fingerprint density at radius 1 is 1.27 bits per heavy atom. The van der Waals surface area contributed by atoms with Crippen molar-refractivity contribution in [3.63, 3.8) is 0 Å². The van der Waals surface area contributed by atoms with Gasteiger partial charge in [-0.15, -0.1) is 0 Å². The van der Waals surface area contributed by atoms with Gasteiger partial charge in [0.25, 0.3) is 5.91 Å². The number of ether oxygens (including phenoxy) is 1. The zero-order valence-electron chi connectivity index (χ0n) is 14.2. The highest BCUT2D eigenvalue weighted by Crippen LogP contribution is 2.24. The fraction of sp³-hybridized carbons (Fsp3) is 0.158. The number of carbonyl (C=O) groups excluding carboxylic acids is 1. The molecule has 3 rings (SSSR count). The standard InChI is InChI=1S/C19H16ClFN2O3/c1-11-15(12(2)26-23-11)10-25-18-6-4-3-5-14(18)19(24)22-13-7-8-17(21)16(20)9-13/h3-9H,10H2,1-2H3,(H,22,24). The molecule has 0 saturated heterocycles. The Morgan fingerprint density at radius 2 is 2.04 bits per heavy atom. The Bertz CT molecular complexity index is 936. The number of halogens is 2. The van der Waals surface area contributed by atoms with Crippen molar-refractivity contribution >= 4 is 23.2 Å². The molecule has 0 unspecified atom stereocenters. The number of nitrogens with one attached hydrogen (secondary N) is 1.